The first-order valence-corrected chi connectivity index (χ1v) is 6.13. The van der Waals surface area contributed by atoms with Crippen molar-refractivity contribution in [1.82, 2.24) is 15.5 Å². The Kier molecular flexibility index (Phi) is 4.22. The van der Waals surface area contributed by atoms with Crippen molar-refractivity contribution in [3.05, 3.63) is 39.8 Å². The van der Waals surface area contributed by atoms with Crippen LogP contribution in [-0.2, 0) is 0 Å². The van der Waals surface area contributed by atoms with Gasteiger partial charge in [0, 0.05) is 6.07 Å². The average Bonchev–Trinajstić information content (AvgIpc) is 2.89. The van der Waals surface area contributed by atoms with Gasteiger partial charge in [0.2, 0.25) is 17.5 Å². The van der Waals surface area contributed by atoms with Crippen LogP contribution in [0.2, 0.25) is 0 Å². The van der Waals surface area contributed by atoms with E-state index in [1.807, 2.05) is 6.92 Å². The second-order valence-corrected chi connectivity index (χ2v) is 4.22. The van der Waals surface area contributed by atoms with Crippen LogP contribution >= 0.6 is 0 Å². The zero-order chi connectivity index (χ0) is 15.6. The molecule has 0 spiro atoms. The Bertz CT molecular complexity index is 671. The van der Waals surface area contributed by atoms with Crippen LogP contribution in [0.3, 0.4) is 0 Å². The largest absolute Gasteiger partial charge is 0.337 e. The van der Waals surface area contributed by atoms with Gasteiger partial charge in [0.15, 0.2) is 0 Å². The molecule has 0 fully saturated rings. The minimum atomic E-state index is -1.33. The molecule has 1 heterocycles. The predicted molar refractivity (Wildman–Crippen MR) is 68.4 cm³/mol. The van der Waals surface area contributed by atoms with E-state index in [4.69, 9.17) is 4.52 Å². The van der Waals surface area contributed by atoms with Gasteiger partial charge in [0.05, 0.1) is 11.0 Å². The SMILES string of the molecule is CCC(NC)c1nc(-c2c(F)ccc([N+](=O)[O-])c2F)no1. The van der Waals surface area contributed by atoms with E-state index in [1.54, 1.807) is 7.05 Å². The lowest BCUT2D eigenvalue weighted by atomic mass is 10.1. The first kappa shape index (κ1) is 15.0. The van der Waals surface area contributed by atoms with Gasteiger partial charge in [-0.25, -0.2) is 4.39 Å². The van der Waals surface area contributed by atoms with Gasteiger partial charge in [0.25, 0.3) is 0 Å². The molecule has 21 heavy (non-hydrogen) atoms. The molecule has 0 saturated carbocycles. The van der Waals surface area contributed by atoms with E-state index >= 15 is 0 Å². The van der Waals surface area contributed by atoms with E-state index < -0.39 is 27.8 Å². The zero-order valence-electron chi connectivity index (χ0n) is 11.3. The fourth-order valence-electron chi connectivity index (χ4n) is 1.87. The van der Waals surface area contributed by atoms with E-state index in [0.29, 0.717) is 6.42 Å². The summed E-state index contributed by atoms with van der Waals surface area (Å²) in [4.78, 5) is 13.7. The van der Waals surface area contributed by atoms with Gasteiger partial charge < -0.3 is 9.84 Å². The van der Waals surface area contributed by atoms with E-state index in [1.165, 1.54) is 0 Å². The van der Waals surface area contributed by atoms with E-state index in [0.717, 1.165) is 12.1 Å². The molecule has 0 aliphatic carbocycles. The summed E-state index contributed by atoms with van der Waals surface area (Å²) in [5.74, 6) is -2.54. The Hall–Kier alpha value is -2.42. The van der Waals surface area contributed by atoms with Gasteiger partial charge >= 0.3 is 5.69 Å². The van der Waals surface area contributed by atoms with Crippen LogP contribution in [0.15, 0.2) is 16.7 Å². The molecular formula is C12H12F2N4O3. The van der Waals surface area contributed by atoms with Crippen molar-refractivity contribution in [3.63, 3.8) is 0 Å². The molecule has 0 aliphatic heterocycles. The van der Waals surface area contributed by atoms with Crippen molar-refractivity contribution < 1.29 is 18.2 Å². The minimum absolute atomic E-state index is 0.153. The molecule has 1 aromatic heterocycles. The Labute approximate surface area is 118 Å². The number of nitro groups is 1. The summed E-state index contributed by atoms with van der Waals surface area (Å²) in [6.45, 7) is 1.86. The van der Waals surface area contributed by atoms with Crippen LogP contribution in [0.5, 0.6) is 0 Å². The summed E-state index contributed by atoms with van der Waals surface area (Å²) in [6, 6.07) is 1.27. The zero-order valence-corrected chi connectivity index (χ0v) is 11.3. The summed E-state index contributed by atoms with van der Waals surface area (Å²) < 4.78 is 32.7. The number of nitrogens with one attached hydrogen (secondary N) is 1. The fraction of sp³-hybridized carbons (Fsp3) is 0.333. The first-order chi connectivity index (χ1) is 9.99. The summed E-state index contributed by atoms with van der Waals surface area (Å²) in [5.41, 5.74) is -1.52. The molecule has 0 saturated heterocycles. The molecule has 0 aliphatic rings. The number of halogens is 2. The number of aromatic nitrogens is 2. The molecule has 1 unspecified atom stereocenters. The molecule has 1 aromatic carbocycles. The lowest BCUT2D eigenvalue weighted by molar-refractivity contribution is -0.387. The Morgan fingerprint density at radius 3 is 2.76 bits per heavy atom. The Morgan fingerprint density at radius 1 is 1.48 bits per heavy atom. The third kappa shape index (κ3) is 2.72. The molecule has 0 amide bonds. The molecule has 2 aromatic rings. The molecule has 2 rings (SSSR count). The first-order valence-electron chi connectivity index (χ1n) is 6.13. The number of benzene rings is 1. The smallest absolute Gasteiger partial charge is 0.305 e. The number of hydrogen-bond donors (Lipinski definition) is 1. The third-order valence-corrected chi connectivity index (χ3v) is 2.99. The highest BCUT2D eigenvalue weighted by Gasteiger charge is 2.26. The summed E-state index contributed by atoms with van der Waals surface area (Å²) >= 11 is 0. The van der Waals surface area contributed by atoms with Crippen molar-refractivity contribution >= 4 is 5.69 Å². The molecular weight excluding hydrogens is 286 g/mol. The van der Waals surface area contributed by atoms with Crippen LogP contribution < -0.4 is 5.32 Å². The van der Waals surface area contributed by atoms with E-state index in [-0.39, 0.29) is 17.8 Å². The fourth-order valence-corrected chi connectivity index (χ4v) is 1.87. The highest BCUT2D eigenvalue weighted by atomic mass is 19.1. The molecule has 7 nitrogen and oxygen atoms in total. The molecule has 0 radical (unpaired) electrons. The van der Waals surface area contributed by atoms with Crippen molar-refractivity contribution in [2.75, 3.05) is 7.05 Å². The summed E-state index contributed by atoms with van der Waals surface area (Å²) in [5, 5.41) is 17.1. The lowest BCUT2D eigenvalue weighted by Gasteiger charge is -2.06. The van der Waals surface area contributed by atoms with E-state index in [2.05, 4.69) is 15.5 Å². The molecule has 1 atom stereocenters. The minimum Gasteiger partial charge on any atom is -0.337 e. The van der Waals surface area contributed by atoms with Crippen LogP contribution in [0.1, 0.15) is 25.3 Å². The van der Waals surface area contributed by atoms with Crippen molar-refractivity contribution in [1.29, 1.82) is 0 Å². The molecule has 0 bridgehead atoms. The van der Waals surface area contributed by atoms with Crippen LogP contribution in [0.25, 0.3) is 11.4 Å². The number of nitrogens with zero attached hydrogens (tertiary/aromatic N) is 3. The monoisotopic (exact) mass is 298 g/mol. The maximum Gasteiger partial charge on any atom is 0.305 e. The number of nitro benzene ring substituents is 1. The summed E-state index contributed by atoms with van der Waals surface area (Å²) in [7, 11) is 1.67. The van der Waals surface area contributed by atoms with Crippen LogP contribution in [0.4, 0.5) is 14.5 Å². The average molecular weight is 298 g/mol. The number of rotatable bonds is 5. The van der Waals surface area contributed by atoms with Crippen molar-refractivity contribution in [2.24, 2.45) is 0 Å². The molecule has 9 heteroatoms. The second-order valence-electron chi connectivity index (χ2n) is 4.22. The van der Waals surface area contributed by atoms with Crippen molar-refractivity contribution in [2.45, 2.75) is 19.4 Å². The van der Waals surface area contributed by atoms with Gasteiger partial charge in [-0.2, -0.15) is 9.37 Å². The Balaban J connectivity index is 2.52. The lowest BCUT2D eigenvalue weighted by Crippen LogP contribution is -2.15. The van der Waals surface area contributed by atoms with Gasteiger partial charge in [-0.15, -0.1) is 0 Å². The summed E-state index contributed by atoms with van der Waals surface area (Å²) in [6.07, 6.45) is 0.623. The van der Waals surface area contributed by atoms with E-state index in [9.17, 15) is 18.9 Å². The number of hydrogen-bond acceptors (Lipinski definition) is 6. The van der Waals surface area contributed by atoms with Gasteiger partial charge in [-0.3, -0.25) is 10.1 Å². The van der Waals surface area contributed by atoms with Crippen LogP contribution in [-0.4, -0.2) is 22.1 Å². The quantitative estimate of drug-likeness (QED) is 0.673. The maximum atomic E-state index is 14.0. The standard InChI is InChI=1S/C12H12F2N4O3/c1-3-7(15-2)12-16-11(17-21-12)9-6(13)4-5-8(10(9)14)18(19)20/h4-5,7,15H,3H2,1-2H3. The van der Waals surface area contributed by atoms with Crippen LogP contribution in [0, 0.1) is 21.7 Å². The topological polar surface area (TPSA) is 94.1 Å². The van der Waals surface area contributed by atoms with Gasteiger partial charge in [-0.1, -0.05) is 12.1 Å². The maximum absolute atomic E-state index is 14.0. The highest BCUT2D eigenvalue weighted by Crippen LogP contribution is 2.30. The Morgan fingerprint density at radius 2 is 2.19 bits per heavy atom. The second kappa shape index (κ2) is 5.92. The molecule has 1 N–H and O–H groups in total. The molecule has 112 valence electrons. The van der Waals surface area contributed by atoms with Crippen molar-refractivity contribution in [3.8, 4) is 11.4 Å². The normalized spacial score (nSPS) is 12.4. The third-order valence-electron chi connectivity index (χ3n) is 2.99. The predicted octanol–water partition coefficient (Wildman–Crippen LogP) is 2.59. The highest BCUT2D eigenvalue weighted by molar-refractivity contribution is 5.61. The van der Waals surface area contributed by atoms with Gasteiger partial charge in [0.1, 0.15) is 11.4 Å². The van der Waals surface area contributed by atoms with Gasteiger partial charge in [-0.05, 0) is 19.5 Å².